The van der Waals surface area contributed by atoms with Crippen molar-refractivity contribution in [1.82, 2.24) is 30.4 Å². The predicted octanol–water partition coefficient (Wildman–Crippen LogP) is 2.50. The van der Waals surface area contributed by atoms with Gasteiger partial charge >= 0.3 is 0 Å². The van der Waals surface area contributed by atoms with Crippen molar-refractivity contribution in [3.8, 4) is 11.4 Å². The maximum Gasteiger partial charge on any atom is 0.182 e. The van der Waals surface area contributed by atoms with Crippen LogP contribution in [0.4, 0.5) is 5.69 Å². The Morgan fingerprint density at radius 3 is 2.58 bits per heavy atom. The van der Waals surface area contributed by atoms with E-state index in [9.17, 15) is 0 Å². The predicted molar refractivity (Wildman–Crippen MR) is 138 cm³/mol. The van der Waals surface area contributed by atoms with Crippen molar-refractivity contribution in [1.29, 1.82) is 0 Å². The summed E-state index contributed by atoms with van der Waals surface area (Å²) in [5, 5.41) is 16.4. The van der Waals surface area contributed by atoms with E-state index in [1.165, 1.54) is 42.7 Å². The highest BCUT2D eigenvalue weighted by Crippen LogP contribution is 2.36. The van der Waals surface area contributed by atoms with Crippen LogP contribution in [-0.2, 0) is 22.6 Å². The summed E-state index contributed by atoms with van der Waals surface area (Å²) in [6.45, 7) is 5.26. The van der Waals surface area contributed by atoms with Crippen LogP contribution in [0.25, 0.3) is 11.4 Å². The molecular formula is C27H35N7O2. The average molecular weight is 490 g/mol. The fraction of sp³-hybridized carbons (Fsp3) is 0.519. The molecule has 6 rings (SSSR count). The van der Waals surface area contributed by atoms with E-state index in [2.05, 4.69) is 93.3 Å². The molecule has 3 fully saturated rings. The highest BCUT2D eigenvalue weighted by Gasteiger charge is 2.49. The van der Waals surface area contributed by atoms with Crippen molar-refractivity contribution >= 4 is 5.69 Å². The van der Waals surface area contributed by atoms with Crippen LogP contribution in [0.3, 0.4) is 0 Å². The van der Waals surface area contributed by atoms with Gasteiger partial charge in [0.25, 0.3) is 0 Å². The third-order valence-corrected chi connectivity index (χ3v) is 7.65. The number of aromatic nitrogens is 4. The van der Waals surface area contributed by atoms with Crippen molar-refractivity contribution < 1.29 is 9.47 Å². The molecule has 4 atom stereocenters. The molecule has 4 unspecified atom stereocenters. The van der Waals surface area contributed by atoms with Crippen LogP contribution in [0, 0.1) is 0 Å². The third kappa shape index (κ3) is 4.76. The summed E-state index contributed by atoms with van der Waals surface area (Å²) in [7, 11) is 4.11. The minimum atomic E-state index is -0.0753. The standard InChI is InChI=1S/C27H35N7O2/c1-32(2)22-10-8-19(9-11-22)15-28-23-17-35-26-24(18-36-25(23)26)34-27(29-30-31-34)21-7-5-6-20(14-21)16-33-12-3-4-13-33/h5-11,14,23-26,28H,3-4,12-13,15-18H2,1-2H3. The number of hydrogen-bond donors (Lipinski definition) is 1. The number of rotatable bonds is 8. The van der Waals surface area contributed by atoms with Crippen LogP contribution in [-0.4, -0.2) is 83.8 Å². The number of nitrogens with zero attached hydrogens (tertiary/aromatic N) is 6. The lowest BCUT2D eigenvalue weighted by atomic mass is 10.0. The molecule has 3 aliphatic heterocycles. The Kier molecular flexibility index (Phi) is 6.71. The minimum absolute atomic E-state index is 0.0189. The van der Waals surface area contributed by atoms with Gasteiger partial charge in [-0.2, -0.15) is 0 Å². The summed E-state index contributed by atoms with van der Waals surface area (Å²) in [6, 6.07) is 17.3. The van der Waals surface area contributed by atoms with Crippen molar-refractivity contribution in [2.24, 2.45) is 0 Å². The SMILES string of the molecule is CN(C)c1ccc(CNC2COC3C2OCC3n2nnnc2-c2cccc(CN3CCCC3)c2)cc1. The molecule has 0 amide bonds. The maximum absolute atomic E-state index is 6.25. The number of hydrogen-bond acceptors (Lipinski definition) is 8. The number of ether oxygens (including phenoxy) is 2. The van der Waals surface area contributed by atoms with E-state index in [-0.39, 0.29) is 24.3 Å². The molecule has 1 aromatic heterocycles. The molecule has 0 saturated carbocycles. The Morgan fingerprint density at radius 1 is 0.972 bits per heavy atom. The maximum atomic E-state index is 6.25. The quantitative estimate of drug-likeness (QED) is 0.517. The second kappa shape index (κ2) is 10.3. The molecule has 190 valence electrons. The summed E-state index contributed by atoms with van der Waals surface area (Å²) in [4.78, 5) is 4.61. The van der Waals surface area contributed by atoms with Crippen LogP contribution < -0.4 is 10.2 Å². The Morgan fingerprint density at radius 2 is 1.78 bits per heavy atom. The highest BCUT2D eigenvalue weighted by atomic mass is 16.6. The summed E-state index contributed by atoms with van der Waals surface area (Å²) in [6.07, 6.45) is 2.49. The van der Waals surface area contributed by atoms with Gasteiger partial charge in [-0.15, -0.1) is 5.10 Å². The molecule has 1 N–H and O–H groups in total. The van der Waals surface area contributed by atoms with Gasteiger partial charge in [0.15, 0.2) is 5.82 Å². The lowest BCUT2D eigenvalue weighted by Gasteiger charge is -2.19. The highest BCUT2D eigenvalue weighted by molar-refractivity contribution is 5.56. The van der Waals surface area contributed by atoms with Gasteiger partial charge < -0.3 is 19.7 Å². The fourth-order valence-electron chi connectivity index (χ4n) is 5.64. The molecule has 3 aromatic rings. The largest absolute Gasteiger partial charge is 0.378 e. The van der Waals surface area contributed by atoms with Gasteiger partial charge in [0.2, 0.25) is 0 Å². The van der Waals surface area contributed by atoms with E-state index < -0.39 is 0 Å². The molecule has 9 nitrogen and oxygen atoms in total. The van der Waals surface area contributed by atoms with E-state index >= 15 is 0 Å². The second-order valence-electron chi connectivity index (χ2n) is 10.3. The first-order chi connectivity index (χ1) is 17.7. The van der Waals surface area contributed by atoms with Gasteiger partial charge in [-0.1, -0.05) is 30.3 Å². The molecule has 0 spiro atoms. The zero-order valence-electron chi connectivity index (χ0n) is 21.1. The molecule has 3 aliphatic rings. The first-order valence-corrected chi connectivity index (χ1v) is 13.0. The lowest BCUT2D eigenvalue weighted by Crippen LogP contribution is -2.40. The second-order valence-corrected chi connectivity index (χ2v) is 10.3. The molecule has 0 radical (unpaired) electrons. The molecule has 36 heavy (non-hydrogen) atoms. The first kappa shape index (κ1) is 23.5. The number of likely N-dealkylation sites (tertiary alicyclic amines) is 1. The Hall–Kier alpha value is -2.85. The van der Waals surface area contributed by atoms with Crippen LogP contribution in [0.15, 0.2) is 48.5 Å². The smallest absolute Gasteiger partial charge is 0.182 e. The van der Waals surface area contributed by atoms with E-state index in [0.717, 1.165) is 24.5 Å². The summed E-state index contributed by atoms with van der Waals surface area (Å²) in [5.74, 6) is 0.772. The summed E-state index contributed by atoms with van der Waals surface area (Å²) in [5.41, 5.74) is 4.78. The lowest BCUT2D eigenvalue weighted by molar-refractivity contribution is 0.0621. The van der Waals surface area contributed by atoms with E-state index in [4.69, 9.17) is 9.47 Å². The Bertz CT molecular complexity index is 1160. The molecule has 3 saturated heterocycles. The Labute approximate surface area is 212 Å². The topological polar surface area (TPSA) is 80.6 Å². The fourth-order valence-corrected chi connectivity index (χ4v) is 5.64. The summed E-state index contributed by atoms with van der Waals surface area (Å²) >= 11 is 0. The van der Waals surface area contributed by atoms with E-state index in [1.807, 2.05) is 4.68 Å². The molecular weight excluding hydrogens is 454 g/mol. The van der Waals surface area contributed by atoms with E-state index in [1.54, 1.807) is 0 Å². The van der Waals surface area contributed by atoms with Crippen LogP contribution in [0.1, 0.15) is 30.0 Å². The molecule has 4 heterocycles. The zero-order valence-corrected chi connectivity index (χ0v) is 21.1. The van der Waals surface area contributed by atoms with Gasteiger partial charge in [-0.05, 0) is 65.7 Å². The molecule has 9 heteroatoms. The number of anilines is 1. The minimum Gasteiger partial charge on any atom is -0.378 e. The van der Waals surface area contributed by atoms with Gasteiger partial charge in [0.05, 0.1) is 19.3 Å². The zero-order chi connectivity index (χ0) is 24.5. The Balaban J connectivity index is 1.12. The van der Waals surface area contributed by atoms with Crippen LogP contribution in [0.2, 0.25) is 0 Å². The number of fused-ring (bicyclic) bond motifs is 1. The number of nitrogens with one attached hydrogen (secondary N) is 1. The third-order valence-electron chi connectivity index (χ3n) is 7.65. The van der Waals surface area contributed by atoms with Gasteiger partial charge in [0, 0.05) is 38.4 Å². The van der Waals surface area contributed by atoms with Crippen molar-refractivity contribution in [2.75, 3.05) is 45.3 Å². The number of benzene rings is 2. The molecule has 0 bridgehead atoms. The van der Waals surface area contributed by atoms with Gasteiger partial charge in [-0.3, -0.25) is 4.90 Å². The number of tetrazole rings is 1. The van der Waals surface area contributed by atoms with Crippen LogP contribution in [0.5, 0.6) is 0 Å². The van der Waals surface area contributed by atoms with Crippen molar-refractivity contribution in [2.45, 2.75) is 50.2 Å². The van der Waals surface area contributed by atoms with Crippen molar-refractivity contribution in [3.63, 3.8) is 0 Å². The van der Waals surface area contributed by atoms with Gasteiger partial charge in [0.1, 0.15) is 18.2 Å². The summed E-state index contributed by atoms with van der Waals surface area (Å²) < 4.78 is 14.4. The molecule has 0 aliphatic carbocycles. The monoisotopic (exact) mass is 489 g/mol. The first-order valence-electron chi connectivity index (χ1n) is 13.0. The van der Waals surface area contributed by atoms with Crippen LogP contribution >= 0.6 is 0 Å². The molecule has 2 aromatic carbocycles. The van der Waals surface area contributed by atoms with E-state index in [0.29, 0.717) is 13.2 Å². The normalized spacial score (nSPS) is 25.9. The van der Waals surface area contributed by atoms with Crippen molar-refractivity contribution in [3.05, 3.63) is 59.7 Å². The average Bonchev–Trinajstić information content (AvgIpc) is 3.69. The van der Waals surface area contributed by atoms with Gasteiger partial charge in [-0.25, -0.2) is 4.68 Å².